The van der Waals surface area contributed by atoms with Crippen LogP contribution >= 0.6 is 0 Å². The minimum Gasteiger partial charge on any atom is -0.384 e. The van der Waals surface area contributed by atoms with Crippen LogP contribution in [0, 0.1) is 0 Å². The maximum Gasteiger partial charge on any atom is 0.319 e. The minimum absolute atomic E-state index is 0.174. The molecule has 2 heterocycles. The van der Waals surface area contributed by atoms with E-state index in [1.54, 1.807) is 56.0 Å². The number of aryl methyl sites for hydroxylation is 1. The maximum absolute atomic E-state index is 12.2. The number of rotatable bonds is 6. The molecule has 0 saturated carbocycles. The zero-order valence-corrected chi connectivity index (χ0v) is 18.6. The Morgan fingerprint density at radius 2 is 1.84 bits per heavy atom. The molecule has 0 aliphatic carbocycles. The summed E-state index contributed by atoms with van der Waals surface area (Å²) in [7, 11) is -1.62. The summed E-state index contributed by atoms with van der Waals surface area (Å²) in [6.45, 7) is 3.45. The van der Waals surface area contributed by atoms with E-state index < -0.39 is 14.6 Å². The van der Waals surface area contributed by atoms with Gasteiger partial charge in [-0.1, -0.05) is 0 Å². The average molecular weight is 444 g/mol. The van der Waals surface area contributed by atoms with Gasteiger partial charge in [-0.25, -0.2) is 23.2 Å². The molecule has 0 bridgehead atoms. The van der Waals surface area contributed by atoms with Gasteiger partial charge < -0.3 is 16.4 Å². The molecule has 0 spiro atoms. The third kappa shape index (κ3) is 5.18. The number of anilines is 2. The van der Waals surface area contributed by atoms with Gasteiger partial charge in [-0.15, -0.1) is 0 Å². The zero-order chi connectivity index (χ0) is 22.8. The van der Waals surface area contributed by atoms with Gasteiger partial charge in [-0.2, -0.15) is 5.10 Å². The Morgan fingerprint density at radius 1 is 1.16 bits per heavy atom. The monoisotopic (exact) mass is 443 g/mol. The molecule has 1 aromatic carbocycles. The molecular weight excluding hydrogens is 418 g/mol. The SMILES string of the molecule is Cn1ccc(CNC(=O)Nc2ccc(-c3nc(N)cc(C(C)(C)S(C)(=O)=O)n3)cc2)n1. The van der Waals surface area contributed by atoms with Crippen molar-refractivity contribution in [1.82, 2.24) is 25.1 Å². The fraction of sp³-hybridized carbons (Fsp3) is 0.300. The molecule has 164 valence electrons. The zero-order valence-electron chi connectivity index (χ0n) is 17.7. The second-order valence-electron chi connectivity index (χ2n) is 7.65. The van der Waals surface area contributed by atoms with Crippen molar-refractivity contribution in [3.63, 3.8) is 0 Å². The molecule has 0 radical (unpaired) electrons. The van der Waals surface area contributed by atoms with Crippen LogP contribution < -0.4 is 16.4 Å². The van der Waals surface area contributed by atoms with Gasteiger partial charge in [0, 0.05) is 36.8 Å². The maximum atomic E-state index is 12.2. The number of carbonyl (C=O) groups excluding carboxylic acids is 1. The normalized spacial score (nSPS) is 11.9. The van der Waals surface area contributed by atoms with Crippen molar-refractivity contribution >= 4 is 27.4 Å². The van der Waals surface area contributed by atoms with Gasteiger partial charge in [0.15, 0.2) is 15.7 Å². The van der Waals surface area contributed by atoms with Gasteiger partial charge in [0.1, 0.15) is 10.6 Å². The number of hydrogen-bond donors (Lipinski definition) is 3. The number of aromatic nitrogens is 4. The van der Waals surface area contributed by atoms with Crippen molar-refractivity contribution in [1.29, 1.82) is 0 Å². The van der Waals surface area contributed by atoms with Crippen LogP contribution in [0.25, 0.3) is 11.4 Å². The lowest BCUT2D eigenvalue weighted by Gasteiger charge is -2.22. The summed E-state index contributed by atoms with van der Waals surface area (Å²) in [5.41, 5.74) is 8.17. The van der Waals surface area contributed by atoms with Crippen molar-refractivity contribution in [3.8, 4) is 11.4 Å². The third-order valence-corrected chi connectivity index (χ3v) is 6.95. The van der Waals surface area contributed by atoms with Gasteiger partial charge in [-0.05, 0) is 44.2 Å². The fourth-order valence-electron chi connectivity index (χ4n) is 2.70. The van der Waals surface area contributed by atoms with Crippen molar-refractivity contribution in [2.24, 2.45) is 7.05 Å². The Kier molecular flexibility index (Phi) is 5.98. The summed E-state index contributed by atoms with van der Waals surface area (Å²) in [5, 5.41) is 9.66. The fourth-order valence-corrected chi connectivity index (χ4v) is 3.18. The number of carbonyl (C=O) groups is 1. The Labute approximate surface area is 180 Å². The van der Waals surface area contributed by atoms with E-state index in [0.29, 0.717) is 29.3 Å². The third-order valence-electron chi connectivity index (χ3n) is 4.89. The molecule has 4 N–H and O–H groups in total. The molecule has 0 aliphatic rings. The van der Waals surface area contributed by atoms with Gasteiger partial charge >= 0.3 is 6.03 Å². The van der Waals surface area contributed by atoms with E-state index in [-0.39, 0.29) is 11.8 Å². The first-order valence-corrected chi connectivity index (χ1v) is 11.3. The average Bonchev–Trinajstić information content (AvgIpc) is 3.11. The van der Waals surface area contributed by atoms with Gasteiger partial charge in [0.05, 0.1) is 17.9 Å². The first kappa shape index (κ1) is 22.2. The molecule has 31 heavy (non-hydrogen) atoms. The summed E-state index contributed by atoms with van der Waals surface area (Å²) in [4.78, 5) is 20.7. The van der Waals surface area contributed by atoms with Crippen LogP contribution in [0.1, 0.15) is 25.2 Å². The second kappa shape index (κ2) is 8.34. The largest absolute Gasteiger partial charge is 0.384 e. The van der Waals surface area contributed by atoms with E-state index in [2.05, 4.69) is 25.7 Å². The minimum atomic E-state index is -3.42. The van der Waals surface area contributed by atoms with Crippen LogP contribution in [0.5, 0.6) is 0 Å². The van der Waals surface area contributed by atoms with Crippen molar-refractivity contribution in [3.05, 3.63) is 54.0 Å². The first-order chi connectivity index (χ1) is 14.5. The van der Waals surface area contributed by atoms with Gasteiger partial charge in [0.2, 0.25) is 0 Å². The number of hydrogen-bond acceptors (Lipinski definition) is 7. The molecule has 3 aromatic rings. The van der Waals surface area contributed by atoms with Gasteiger partial charge in [-0.3, -0.25) is 4.68 Å². The number of nitrogen functional groups attached to an aromatic ring is 1. The first-order valence-electron chi connectivity index (χ1n) is 9.44. The van der Waals surface area contributed by atoms with Crippen LogP contribution in [0.3, 0.4) is 0 Å². The summed E-state index contributed by atoms with van der Waals surface area (Å²) >= 11 is 0. The molecule has 0 aliphatic heterocycles. The summed E-state index contributed by atoms with van der Waals surface area (Å²) in [6.07, 6.45) is 2.96. The Bertz CT molecular complexity index is 1200. The molecule has 0 saturated heterocycles. The van der Waals surface area contributed by atoms with Crippen LogP contribution in [0.2, 0.25) is 0 Å². The van der Waals surface area contributed by atoms with Crippen LogP contribution in [0.4, 0.5) is 16.3 Å². The predicted octanol–water partition coefficient (Wildman–Crippen LogP) is 2.06. The second-order valence-corrected chi connectivity index (χ2v) is 10.2. The number of nitrogens with two attached hydrogens (primary N) is 1. The highest BCUT2D eigenvalue weighted by Crippen LogP contribution is 2.30. The molecule has 0 unspecified atom stereocenters. The quantitative estimate of drug-likeness (QED) is 0.529. The van der Waals surface area contributed by atoms with Crippen molar-refractivity contribution in [2.75, 3.05) is 17.3 Å². The molecule has 11 heteroatoms. The van der Waals surface area contributed by atoms with E-state index >= 15 is 0 Å². The smallest absolute Gasteiger partial charge is 0.319 e. The molecule has 0 atom stereocenters. The number of urea groups is 1. The van der Waals surface area contributed by atoms with Crippen LogP contribution in [0.15, 0.2) is 42.6 Å². The van der Waals surface area contributed by atoms with Crippen LogP contribution in [-0.4, -0.2) is 40.5 Å². The van der Waals surface area contributed by atoms with E-state index in [0.717, 1.165) is 11.9 Å². The summed E-state index contributed by atoms with van der Waals surface area (Å²) in [6, 6.07) is 9.76. The van der Waals surface area contributed by atoms with E-state index in [1.165, 1.54) is 6.07 Å². The van der Waals surface area contributed by atoms with E-state index in [9.17, 15) is 13.2 Å². The highest BCUT2D eigenvalue weighted by atomic mass is 32.2. The Morgan fingerprint density at radius 3 is 2.42 bits per heavy atom. The number of sulfone groups is 1. The number of nitrogens with zero attached hydrogens (tertiary/aromatic N) is 4. The number of benzene rings is 1. The van der Waals surface area contributed by atoms with E-state index in [4.69, 9.17) is 5.73 Å². The molecule has 0 fully saturated rings. The van der Waals surface area contributed by atoms with Crippen molar-refractivity contribution < 1.29 is 13.2 Å². The van der Waals surface area contributed by atoms with Crippen molar-refractivity contribution in [2.45, 2.75) is 25.1 Å². The lowest BCUT2D eigenvalue weighted by Crippen LogP contribution is -2.29. The Hall–Kier alpha value is -3.47. The number of amides is 2. The molecule has 2 aromatic heterocycles. The van der Waals surface area contributed by atoms with Gasteiger partial charge in [0.25, 0.3) is 0 Å². The number of nitrogens with one attached hydrogen (secondary N) is 2. The lowest BCUT2D eigenvalue weighted by molar-refractivity contribution is 0.251. The highest BCUT2D eigenvalue weighted by molar-refractivity contribution is 7.91. The highest BCUT2D eigenvalue weighted by Gasteiger charge is 2.34. The summed E-state index contributed by atoms with van der Waals surface area (Å²) in [5.74, 6) is 0.478. The Balaban J connectivity index is 1.73. The molecule has 2 amide bonds. The molecule has 10 nitrogen and oxygen atoms in total. The summed E-state index contributed by atoms with van der Waals surface area (Å²) < 4.78 is 24.7. The van der Waals surface area contributed by atoms with Crippen LogP contribution in [-0.2, 0) is 28.2 Å². The topological polar surface area (TPSA) is 145 Å². The standard InChI is InChI=1S/C20H25N7O3S/c1-20(2,31(4,29)30)16-11-17(21)25-18(24-16)13-5-7-14(8-6-13)23-19(28)22-12-15-9-10-27(3)26-15/h5-11H,12H2,1-4H3,(H2,21,24,25)(H2,22,23,28). The molecule has 3 rings (SSSR count). The predicted molar refractivity (Wildman–Crippen MR) is 119 cm³/mol. The van der Waals surface area contributed by atoms with E-state index in [1.807, 2.05) is 6.07 Å². The molecular formula is C20H25N7O3S. The lowest BCUT2D eigenvalue weighted by atomic mass is 10.1.